The van der Waals surface area contributed by atoms with Crippen molar-refractivity contribution in [2.75, 3.05) is 0 Å². The standard InChI is InChI=1S/C37H28O4/c1-7-21-10-12-28-29(13-21)40-32-16-24-25(17-33(32)39-28)37(20-36(24,5)6)19-35(3,4)23-15-31-34(18-26(23)37)41-30-14-22(8-2)9-11-27(30)38-31/h1-2,9-18H,19-20H2,3-6H3. The number of terminal acetylenes is 2. The normalized spacial score (nSPS) is 20.7. The number of benzene rings is 4. The van der Waals surface area contributed by atoms with E-state index >= 15 is 0 Å². The summed E-state index contributed by atoms with van der Waals surface area (Å²) >= 11 is 0. The van der Waals surface area contributed by atoms with Gasteiger partial charge in [-0.1, -0.05) is 39.5 Å². The summed E-state index contributed by atoms with van der Waals surface area (Å²) in [6.07, 6.45) is 13.2. The summed E-state index contributed by atoms with van der Waals surface area (Å²) in [7, 11) is 0. The molecule has 0 aromatic heterocycles. The highest BCUT2D eigenvalue weighted by Crippen LogP contribution is 2.66. The molecule has 0 saturated carbocycles. The van der Waals surface area contributed by atoms with Gasteiger partial charge in [0.2, 0.25) is 0 Å². The van der Waals surface area contributed by atoms with Gasteiger partial charge in [0.1, 0.15) is 0 Å². The maximum absolute atomic E-state index is 6.43. The van der Waals surface area contributed by atoms with Crippen LogP contribution in [0.1, 0.15) is 73.9 Å². The lowest BCUT2D eigenvalue weighted by Gasteiger charge is -2.31. The van der Waals surface area contributed by atoms with Crippen LogP contribution in [0.25, 0.3) is 0 Å². The quantitative estimate of drug-likeness (QED) is 0.181. The van der Waals surface area contributed by atoms with E-state index in [1.54, 1.807) is 0 Å². The molecule has 1 spiro atoms. The Morgan fingerprint density at radius 1 is 0.488 bits per heavy atom. The number of rotatable bonds is 0. The number of hydrogen-bond acceptors (Lipinski definition) is 4. The largest absolute Gasteiger partial charge is 0.450 e. The molecular formula is C37H28O4. The lowest BCUT2D eigenvalue weighted by molar-refractivity contribution is 0.348. The van der Waals surface area contributed by atoms with E-state index in [1.807, 2.05) is 36.4 Å². The van der Waals surface area contributed by atoms with Crippen LogP contribution >= 0.6 is 0 Å². The molecule has 0 N–H and O–H groups in total. The van der Waals surface area contributed by atoms with Gasteiger partial charge in [0.05, 0.1) is 0 Å². The van der Waals surface area contributed by atoms with Crippen molar-refractivity contribution < 1.29 is 18.9 Å². The van der Waals surface area contributed by atoms with Gasteiger partial charge in [-0.05, 0) is 94.5 Å². The van der Waals surface area contributed by atoms with Crippen LogP contribution in [0.3, 0.4) is 0 Å². The zero-order valence-electron chi connectivity index (χ0n) is 23.5. The monoisotopic (exact) mass is 536 g/mol. The van der Waals surface area contributed by atoms with Gasteiger partial charge < -0.3 is 18.9 Å². The molecule has 8 rings (SSSR count). The first-order valence-electron chi connectivity index (χ1n) is 13.9. The van der Waals surface area contributed by atoms with E-state index in [2.05, 4.69) is 63.8 Å². The van der Waals surface area contributed by atoms with E-state index in [1.165, 1.54) is 22.3 Å². The Morgan fingerprint density at radius 3 is 1.22 bits per heavy atom. The van der Waals surface area contributed by atoms with E-state index < -0.39 is 0 Å². The van der Waals surface area contributed by atoms with Crippen molar-refractivity contribution in [3.8, 4) is 70.7 Å². The van der Waals surface area contributed by atoms with Gasteiger partial charge in [-0.15, -0.1) is 12.8 Å². The molecule has 0 saturated heterocycles. The van der Waals surface area contributed by atoms with Gasteiger partial charge >= 0.3 is 0 Å². The smallest absolute Gasteiger partial charge is 0.171 e. The Kier molecular flexibility index (Phi) is 4.50. The number of ether oxygens (including phenoxy) is 4. The lowest BCUT2D eigenvalue weighted by Crippen LogP contribution is -2.27. The van der Waals surface area contributed by atoms with Crippen LogP contribution in [0, 0.1) is 24.7 Å². The summed E-state index contributed by atoms with van der Waals surface area (Å²) in [5.41, 5.74) is 6.25. The van der Waals surface area contributed by atoms with Crippen LogP contribution < -0.4 is 18.9 Å². The van der Waals surface area contributed by atoms with Crippen molar-refractivity contribution in [1.82, 2.24) is 0 Å². The van der Waals surface area contributed by atoms with E-state index in [-0.39, 0.29) is 16.2 Å². The average Bonchev–Trinajstić information content (AvgIpc) is 3.30. The zero-order valence-corrected chi connectivity index (χ0v) is 23.5. The van der Waals surface area contributed by atoms with Crippen LogP contribution in [0.4, 0.5) is 0 Å². The predicted octanol–water partition coefficient (Wildman–Crippen LogP) is 9.09. The number of hydrogen-bond donors (Lipinski definition) is 0. The Balaban J connectivity index is 1.28. The summed E-state index contributed by atoms with van der Waals surface area (Å²) < 4.78 is 25.5. The van der Waals surface area contributed by atoms with Crippen LogP contribution in [0.5, 0.6) is 46.0 Å². The average molecular weight is 537 g/mol. The molecule has 200 valence electrons. The van der Waals surface area contributed by atoms with Crippen molar-refractivity contribution in [3.05, 3.63) is 94.0 Å². The minimum atomic E-state index is -0.219. The first kappa shape index (κ1) is 24.0. The molecule has 2 heterocycles. The molecule has 41 heavy (non-hydrogen) atoms. The van der Waals surface area contributed by atoms with Crippen LogP contribution in [-0.4, -0.2) is 0 Å². The molecule has 4 aliphatic rings. The Labute approximate surface area is 240 Å². The minimum absolute atomic E-state index is 0.0789. The SMILES string of the molecule is C#Cc1ccc2c(c1)Oc1cc3c(cc1O2)C1(CC3(C)C)CC(C)(C)c2cc3c(cc21)Oc1cc(C#C)ccc1O3. The van der Waals surface area contributed by atoms with E-state index in [0.29, 0.717) is 28.7 Å². The molecule has 2 aliphatic heterocycles. The van der Waals surface area contributed by atoms with Crippen molar-refractivity contribution in [2.24, 2.45) is 0 Å². The molecule has 4 aromatic carbocycles. The molecule has 0 fully saturated rings. The summed E-state index contributed by atoms with van der Waals surface area (Å²) in [6.45, 7) is 9.29. The molecule has 2 aliphatic carbocycles. The fourth-order valence-corrected chi connectivity index (χ4v) is 7.64. The molecule has 1 atom stereocenters. The number of fused-ring (bicyclic) bond motifs is 8. The van der Waals surface area contributed by atoms with Crippen molar-refractivity contribution in [3.63, 3.8) is 0 Å². The molecule has 0 bridgehead atoms. The topological polar surface area (TPSA) is 36.9 Å². The molecule has 0 amide bonds. The summed E-state index contributed by atoms with van der Waals surface area (Å²) in [4.78, 5) is 0. The highest BCUT2D eigenvalue weighted by atomic mass is 16.6. The fourth-order valence-electron chi connectivity index (χ4n) is 7.64. The third-order valence-corrected chi connectivity index (χ3v) is 9.25. The van der Waals surface area contributed by atoms with E-state index in [9.17, 15) is 0 Å². The fraction of sp³-hybridized carbons (Fsp3) is 0.243. The summed E-state index contributed by atoms with van der Waals surface area (Å²) in [5.74, 6) is 10.9. The molecule has 4 aromatic rings. The molecule has 4 heteroatoms. The Bertz CT molecular complexity index is 1930. The van der Waals surface area contributed by atoms with Crippen molar-refractivity contribution in [2.45, 2.75) is 56.8 Å². The van der Waals surface area contributed by atoms with Gasteiger partial charge in [-0.25, -0.2) is 0 Å². The highest BCUT2D eigenvalue weighted by molar-refractivity contribution is 5.69. The highest BCUT2D eigenvalue weighted by Gasteiger charge is 2.57. The first-order valence-corrected chi connectivity index (χ1v) is 13.9. The van der Waals surface area contributed by atoms with Crippen LogP contribution in [-0.2, 0) is 16.2 Å². The summed E-state index contributed by atoms with van der Waals surface area (Å²) in [6, 6.07) is 20.0. The van der Waals surface area contributed by atoms with Gasteiger partial charge in [0.25, 0.3) is 0 Å². The van der Waals surface area contributed by atoms with Gasteiger partial charge in [-0.3, -0.25) is 0 Å². The third kappa shape index (κ3) is 3.25. The minimum Gasteiger partial charge on any atom is -0.450 e. The van der Waals surface area contributed by atoms with Gasteiger partial charge in [0, 0.05) is 28.7 Å². The third-order valence-electron chi connectivity index (χ3n) is 9.25. The van der Waals surface area contributed by atoms with Crippen molar-refractivity contribution >= 4 is 0 Å². The maximum Gasteiger partial charge on any atom is 0.171 e. The second-order valence-electron chi connectivity index (χ2n) is 12.9. The van der Waals surface area contributed by atoms with Crippen molar-refractivity contribution in [1.29, 1.82) is 0 Å². The predicted molar refractivity (Wildman–Crippen MR) is 158 cm³/mol. The zero-order chi connectivity index (χ0) is 28.3. The van der Waals surface area contributed by atoms with E-state index in [0.717, 1.165) is 41.2 Å². The molecule has 0 radical (unpaired) electrons. The molecular weight excluding hydrogens is 508 g/mol. The van der Waals surface area contributed by atoms with Gasteiger partial charge in [0.15, 0.2) is 46.0 Å². The maximum atomic E-state index is 6.43. The van der Waals surface area contributed by atoms with E-state index in [4.69, 9.17) is 31.8 Å². The van der Waals surface area contributed by atoms with Gasteiger partial charge in [-0.2, -0.15) is 0 Å². The summed E-state index contributed by atoms with van der Waals surface area (Å²) in [5, 5.41) is 0. The van der Waals surface area contributed by atoms with Crippen LogP contribution in [0.2, 0.25) is 0 Å². The molecule has 1 unspecified atom stereocenters. The Hall–Kier alpha value is -4.80. The lowest BCUT2D eigenvalue weighted by atomic mass is 9.72. The second-order valence-corrected chi connectivity index (χ2v) is 12.9. The first-order chi connectivity index (χ1) is 19.6. The molecule has 4 nitrogen and oxygen atoms in total. The van der Waals surface area contributed by atoms with Crippen LogP contribution in [0.15, 0.2) is 60.7 Å². The Morgan fingerprint density at radius 2 is 0.829 bits per heavy atom. The second kappa shape index (κ2) is 7.68.